The molecule has 6 nitrogen and oxygen atoms in total. The van der Waals surface area contributed by atoms with Crippen LogP contribution in [0.15, 0.2) is 18.2 Å². The molecule has 0 aromatic heterocycles. The number of anilines is 2. The van der Waals surface area contributed by atoms with Gasteiger partial charge >= 0.3 is 6.18 Å². The summed E-state index contributed by atoms with van der Waals surface area (Å²) in [5.74, 6) is -1.51. The molecule has 0 unspecified atom stereocenters. The maximum absolute atomic E-state index is 12.0. The summed E-state index contributed by atoms with van der Waals surface area (Å²) < 4.78 is 35.8. The summed E-state index contributed by atoms with van der Waals surface area (Å²) in [4.78, 5) is 24.3. The Balaban J connectivity index is 2.64. The molecular formula is C12H15F3N4O2. The van der Waals surface area contributed by atoms with Crippen LogP contribution in [0, 0.1) is 0 Å². The second-order valence-electron chi connectivity index (χ2n) is 4.40. The van der Waals surface area contributed by atoms with Gasteiger partial charge in [0.1, 0.15) is 6.54 Å². The Labute approximate surface area is 118 Å². The maximum Gasteiger partial charge on any atom is 0.405 e. The zero-order valence-electron chi connectivity index (χ0n) is 11.2. The maximum atomic E-state index is 12.0. The highest BCUT2D eigenvalue weighted by molar-refractivity contribution is 6.01. The summed E-state index contributed by atoms with van der Waals surface area (Å²) >= 11 is 0. The highest BCUT2D eigenvalue weighted by Gasteiger charge is 2.28. The third-order valence-electron chi connectivity index (χ3n) is 2.52. The minimum atomic E-state index is -4.50. The van der Waals surface area contributed by atoms with Crippen molar-refractivity contribution in [3.8, 4) is 0 Å². The van der Waals surface area contributed by atoms with Crippen LogP contribution in [0.3, 0.4) is 0 Å². The Bertz CT molecular complexity index is 546. The number of rotatable bonds is 4. The van der Waals surface area contributed by atoms with Crippen molar-refractivity contribution in [3.63, 3.8) is 0 Å². The zero-order chi connectivity index (χ0) is 16.2. The van der Waals surface area contributed by atoms with Crippen molar-refractivity contribution < 1.29 is 22.8 Å². The number of hydrogen-bond donors (Lipinski definition) is 3. The van der Waals surface area contributed by atoms with E-state index in [4.69, 9.17) is 11.5 Å². The number of likely N-dealkylation sites (N-methyl/N-ethyl adjacent to an activating group) is 1. The Hall–Kier alpha value is -2.45. The molecule has 5 N–H and O–H groups in total. The van der Waals surface area contributed by atoms with E-state index in [9.17, 15) is 22.8 Å². The molecule has 2 amide bonds. The van der Waals surface area contributed by atoms with E-state index in [0.717, 1.165) is 4.90 Å². The van der Waals surface area contributed by atoms with Crippen molar-refractivity contribution in [1.29, 1.82) is 0 Å². The SMILES string of the molecule is CN(CC(=O)NCC(F)(F)F)C(=O)c1ccc(N)cc1N. The smallest absolute Gasteiger partial charge is 0.399 e. The number of hydrogen-bond acceptors (Lipinski definition) is 4. The fourth-order valence-corrected chi connectivity index (χ4v) is 1.52. The van der Waals surface area contributed by atoms with Gasteiger partial charge in [-0.3, -0.25) is 9.59 Å². The fourth-order valence-electron chi connectivity index (χ4n) is 1.52. The average molecular weight is 304 g/mol. The van der Waals surface area contributed by atoms with Gasteiger partial charge in [0.25, 0.3) is 5.91 Å². The largest absolute Gasteiger partial charge is 0.405 e. The van der Waals surface area contributed by atoms with Gasteiger partial charge < -0.3 is 21.7 Å². The number of benzene rings is 1. The van der Waals surface area contributed by atoms with Crippen LogP contribution in [-0.4, -0.2) is 43.0 Å². The van der Waals surface area contributed by atoms with Crippen LogP contribution in [0.25, 0.3) is 0 Å². The molecule has 116 valence electrons. The summed E-state index contributed by atoms with van der Waals surface area (Å²) in [6, 6.07) is 4.23. The quantitative estimate of drug-likeness (QED) is 0.709. The molecule has 0 heterocycles. The van der Waals surface area contributed by atoms with Crippen molar-refractivity contribution in [2.24, 2.45) is 0 Å². The van der Waals surface area contributed by atoms with Crippen LogP contribution < -0.4 is 16.8 Å². The van der Waals surface area contributed by atoms with E-state index in [1.807, 2.05) is 0 Å². The minimum Gasteiger partial charge on any atom is -0.399 e. The molecule has 9 heteroatoms. The van der Waals surface area contributed by atoms with Crippen LogP contribution in [0.2, 0.25) is 0 Å². The van der Waals surface area contributed by atoms with Gasteiger partial charge in [0, 0.05) is 18.4 Å². The molecule has 21 heavy (non-hydrogen) atoms. The van der Waals surface area contributed by atoms with Crippen LogP contribution in [0.1, 0.15) is 10.4 Å². The molecule has 0 fully saturated rings. The van der Waals surface area contributed by atoms with Gasteiger partial charge in [-0.2, -0.15) is 13.2 Å². The molecule has 1 aromatic carbocycles. The Morgan fingerprint density at radius 1 is 1.29 bits per heavy atom. The molecule has 0 bridgehead atoms. The first-order valence-electron chi connectivity index (χ1n) is 5.84. The van der Waals surface area contributed by atoms with E-state index in [0.29, 0.717) is 5.69 Å². The standard InChI is InChI=1S/C12H15F3N4O2/c1-19(5-10(20)18-6-12(13,14)15)11(21)8-3-2-7(16)4-9(8)17/h2-4H,5-6,16-17H2,1H3,(H,18,20). The molecule has 0 spiro atoms. The van der Waals surface area contributed by atoms with Gasteiger partial charge in [0.2, 0.25) is 5.91 Å². The van der Waals surface area contributed by atoms with Gasteiger partial charge in [-0.05, 0) is 18.2 Å². The number of amides is 2. The lowest BCUT2D eigenvalue weighted by molar-refractivity contribution is -0.138. The highest BCUT2D eigenvalue weighted by atomic mass is 19.4. The minimum absolute atomic E-state index is 0.121. The first kappa shape index (κ1) is 16.6. The molecule has 0 saturated carbocycles. The van der Waals surface area contributed by atoms with E-state index < -0.39 is 31.1 Å². The van der Waals surface area contributed by atoms with Crippen molar-refractivity contribution in [2.75, 3.05) is 31.6 Å². The third-order valence-corrected chi connectivity index (χ3v) is 2.52. The second kappa shape index (κ2) is 6.33. The normalized spacial score (nSPS) is 11.0. The Kier molecular flexibility index (Phi) is 5.01. The molecular weight excluding hydrogens is 289 g/mol. The fraction of sp³-hybridized carbons (Fsp3) is 0.333. The number of halogens is 3. The summed E-state index contributed by atoms with van der Waals surface area (Å²) in [5, 5.41) is 1.67. The second-order valence-corrected chi connectivity index (χ2v) is 4.40. The number of nitrogens with one attached hydrogen (secondary N) is 1. The number of nitrogens with two attached hydrogens (primary N) is 2. The first-order valence-corrected chi connectivity index (χ1v) is 5.84. The van der Waals surface area contributed by atoms with Crippen molar-refractivity contribution in [3.05, 3.63) is 23.8 Å². The molecule has 1 aromatic rings. The van der Waals surface area contributed by atoms with Gasteiger partial charge in [0.15, 0.2) is 0 Å². The molecule has 0 saturated heterocycles. The predicted molar refractivity (Wildman–Crippen MR) is 71.3 cm³/mol. The lowest BCUT2D eigenvalue weighted by Gasteiger charge is -2.18. The number of carbonyl (C=O) groups is 2. The highest BCUT2D eigenvalue weighted by Crippen LogP contribution is 2.17. The van der Waals surface area contributed by atoms with Crippen LogP contribution >= 0.6 is 0 Å². The molecule has 0 radical (unpaired) electrons. The van der Waals surface area contributed by atoms with Gasteiger partial charge in [-0.25, -0.2) is 0 Å². The lowest BCUT2D eigenvalue weighted by Crippen LogP contribution is -2.41. The number of carbonyl (C=O) groups excluding carboxylic acids is 2. The summed E-state index contributed by atoms with van der Waals surface area (Å²) in [6.07, 6.45) is -4.50. The van der Waals surface area contributed by atoms with E-state index >= 15 is 0 Å². The Morgan fingerprint density at radius 3 is 2.43 bits per heavy atom. The van der Waals surface area contributed by atoms with Crippen LogP contribution in [-0.2, 0) is 4.79 Å². The van der Waals surface area contributed by atoms with Crippen LogP contribution in [0.5, 0.6) is 0 Å². The predicted octanol–water partition coefficient (Wildman–Crippen LogP) is 0.601. The van der Waals surface area contributed by atoms with E-state index in [-0.39, 0.29) is 11.3 Å². The zero-order valence-corrected chi connectivity index (χ0v) is 11.2. The van der Waals surface area contributed by atoms with Crippen molar-refractivity contribution >= 4 is 23.2 Å². The summed E-state index contributed by atoms with van der Waals surface area (Å²) in [7, 11) is 1.28. The molecule has 0 aliphatic rings. The van der Waals surface area contributed by atoms with Gasteiger partial charge in [-0.15, -0.1) is 0 Å². The lowest BCUT2D eigenvalue weighted by atomic mass is 10.1. The number of nitrogen functional groups attached to an aromatic ring is 2. The summed E-state index contributed by atoms with van der Waals surface area (Å²) in [6.45, 7) is -1.96. The molecule has 0 atom stereocenters. The molecule has 0 aliphatic heterocycles. The number of nitrogens with zero attached hydrogens (tertiary/aromatic N) is 1. The van der Waals surface area contributed by atoms with E-state index in [2.05, 4.69) is 0 Å². The van der Waals surface area contributed by atoms with Gasteiger partial charge in [0.05, 0.1) is 12.1 Å². The van der Waals surface area contributed by atoms with Crippen molar-refractivity contribution in [2.45, 2.75) is 6.18 Å². The van der Waals surface area contributed by atoms with E-state index in [1.54, 1.807) is 5.32 Å². The summed E-state index contributed by atoms with van der Waals surface area (Å²) in [5.41, 5.74) is 11.7. The topological polar surface area (TPSA) is 101 Å². The molecule has 0 aliphatic carbocycles. The monoisotopic (exact) mass is 304 g/mol. The molecule has 1 rings (SSSR count). The third kappa shape index (κ3) is 5.21. The number of alkyl halides is 3. The Morgan fingerprint density at radius 2 is 1.90 bits per heavy atom. The first-order chi connectivity index (χ1) is 9.60. The van der Waals surface area contributed by atoms with Gasteiger partial charge in [-0.1, -0.05) is 0 Å². The van der Waals surface area contributed by atoms with Crippen LogP contribution in [0.4, 0.5) is 24.5 Å². The van der Waals surface area contributed by atoms with Crippen molar-refractivity contribution in [1.82, 2.24) is 10.2 Å². The van der Waals surface area contributed by atoms with E-state index in [1.165, 1.54) is 25.2 Å². The average Bonchev–Trinajstić information content (AvgIpc) is 2.34.